The second kappa shape index (κ2) is 20.5. The number of hydrogen-bond acceptors (Lipinski definition) is 5. The van der Waals surface area contributed by atoms with E-state index < -0.39 is 46.8 Å². The number of rotatable bonds is 15. The Morgan fingerprint density at radius 1 is 1.03 bits per heavy atom. The van der Waals surface area contributed by atoms with E-state index in [2.05, 4.69) is 33.5 Å². The minimum Gasteiger partial charge on any atom is -0.352 e. The zero-order chi connectivity index (χ0) is 29.0. The molecule has 0 aromatic heterocycles. The highest BCUT2D eigenvalue weighted by molar-refractivity contribution is 7.85. The zero-order valence-electron chi connectivity index (χ0n) is 24.3. The number of urea groups is 1. The maximum atomic E-state index is 13.1. The average Bonchev–Trinajstić information content (AvgIpc) is 2.88. The molecule has 0 aromatic rings. The van der Waals surface area contributed by atoms with E-state index >= 15 is 0 Å². The maximum Gasteiger partial charge on any atom is 0.315 e. The summed E-state index contributed by atoms with van der Waals surface area (Å²) in [5, 5.41) is 13.6. The molecule has 0 aromatic carbocycles. The Kier molecular flexibility index (Phi) is 18.2. The van der Waals surface area contributed by atoms with Crippen molar-refractivity contribution in [3.63, 3.8) is 0 Å². The van der Waals surface area contributed by atoms with Gasteiger partial charge in [0.15, 0.2) is 0 Å². The van der Waals surface area contributed by atoms with Crippen molar-refractivity contribution in [2.45, 2.75) is 110 Å². The van der Waals surface area contributed by atoms with E-state index in [0.717, 1.165) is 19.3 Å². The van der Waals surface area contributed by atoms with E-state index in [-0.39, 0.29) is 29.9 Å². The Hall–Kier alpha value is -2.43. The smallest absolute Gasteiger partial charge is 0.315 e. The van der Waals surface area contributed by atoms with Crippen LogP contribution in [-0.2, 0) is 25.2 Å². The van der Waals surface area contributed by atoms with Crippen molar-refractivity contribution >= 4 is 34.6 Å². The van der Waals surface area contributed by atoms with Gasteiger partial charge in [0.2, 0.25) is 17.7 Å². The average molecular weight is 570 g/mol. The van der Waals surface area contributed by atoms with Gasteiger partial charge in [-0.25, -0.2) is 4.79 Å². The molecule has 5 N–H and O–H groups in total. The molecule has 5 amide bonds. The van der Waals surface area contributed by atoms with Gasteiger partial charge in [-0.05, 0) is 19.3 Å². The molecule has 224 valence electrons. The Labute approximate surface area is 237 Å². The van der Waals surface area contributed by atoms with Gasteiger partial charge in [0.1, 0.15) is 12.1 Å². The van der Waals surface area contributed by atoms with Crippen molar-refractivity contribution in [2.24, 2.45) is 5.92 Å². The van der Waals surface area contributed by atoms with Gasteiger partial charge in [-0.15, -0.1) is 0 Å². The zero-order valence-corrected chi connectivity index (χ0v) is 25.1. The molecule has 1 rings (SSSR count). The van der Waals surface area contributed by atoms with E-state index in [0.29, 0.717) is 6.54 Å². The summed E-state index contributed by atoms with van der Waals surface area (Å²) in [4.78, 5) is 50.2. The fourth-order valence-corrected chi connectivity index (χ4v) is 5.31. The van der Waals surface area contributed by atoms with Crippen molar-refractivity contribution in [3.05, 3.63) is 12.2 Å². The van der Waals surface area contributed by atoms with Gasteiger partial charge in [0.05, 0.1) is 5.75 Å². The quantitative estimate of drug-likeness (QED) is 0.193. The number of hydrogen-bond donors (Lipinski definition) is 5. The number of carbonyl (C=O) groups excluding carboxylic acids is 4. The van der Waals surface area contributed by atoms with Gasteiger partial charge in [0, 0.05) is 41.8 Å². The van der Waals surface area contributed by atoms with Gasteiger partial charge >= 0.3 is 6.03 Å². The molecule has 0 saturated carbocycles. The van der Waals surface area contributed by atoms with Crippen LogP contribution in [0.1, 0.15) is 91.9 Å². The number of amides is 5. The van der Waals surface area contributed by atoms with E-state index in [4.69, 9.17) is 0 Å². The summed E-state index contributed by atoms with van der Waals surface area (Å²) in [6.07, 6.45) is 15.0. The first kappa shape index (κ1) is 34.6. The van der Waals surface area contributed by atoms with Crippen LogP contribution in [0.2, 0.25) is 0 Å². The SMILES string of the molecule is CCCCCCCCCCCCNC(=O)N[C@H](C(=O)N[C@H]1CS(=O)CCNC(=O)/C=C\[C@H](C)NC1=O)C(C)C. The van der Waals surface area contributed by atoms with Crippen LogP contribution >= 0.6 is 0 Å². The van der Waals surface area contributed by atoms with E-state index in [1.165, 1.54) is 51.0 Å². The van der Waals surface area contributed by atoms with Crippen molar-refractivity contribution in [3.8, 4) is 0 Å². The summed E-state index contributed by atoms with van der Waals surface area (Å²) in [6, 6.07) is -2.80. The van der Waals surface area contributed by atoms with Crippen LogP contribution in [0.15, 0.2) is 12.2 Å². The first-order chi connectivity index (χ1) is 18.6. The fourth-order valence-electron chi connectivity index (χ4n) is 4.21. The highest BCUT2D eigenvalue weighted by Gasteiger charge is 2.30. The topological polar surface area (TPSA) is 146 Å². The highest BCUT2D eigenvalue weighted by atomic mass is 32.2. The minimum atomic E-state index is -1.45. The molecule has 1 unspecified atom stereocenters. The predicted octanol–water partition coefficient (Wildman–Crippen LogP) is 2.66. The van der Waals surface area contributed by atoms with Crippen LogP contribution in [0.25, 0.3) is 0 Å². The molecule has 1 aliphatic rings. The highest BCUT2D eigenvalue weighted by Crippen LogP contribution is 2.10. The number of carbonyl (C=O) groups is 4. The molecular weight excluding hydrogens is 518 g/mol. The van der Waals surface area contributed by atoms with Crippen molar-refractivity contribution in [2.75, 3.05) is 24.6 Å². The van der Waals surface area contributed by atoms with E-state index in [1.54, 1.807) is 13.0 Å². The molecule has 39 heavy (non-hydrogen) atoms. The summed E-state index contributed by atoms with van der Waals surface area (Å²) in [7, 11) is -1.45. The lowest BCUT2D eigenvalue weighted by Crippen LogP contribution is -2.58. The van der Waals surface area contributed by atoms with Crippen molar-refractivity contribution in [1.29, 1.82) is 0 Å². The second-order valence-corrected chi connectivity index (χ2v) is 12.2. The molecule has 11 heteroatoms. The number of nitrogens with one attached hydrogen (secondary N) is 5. The molecule has 0 radical (unpaired) electrons. The van der Waals surface area contributed by atoms with E-state index in [9.17, 15) is 23.4 Å². The molecule has 0 aliphatic carbocycles. The Morgan fingerprint density at radius 3 is 2.26 bits per heavy atom. The summed E-state index contributed by atoms with van der Waals surface area (Å²) in [5.41, 5.74) is 0. The summed E-state index contributed by atoms with van der Waals surface area (Å²) >= 11 is 0. The summed E-state index contributed by atoms with van der Waals surface area (Å²) < 4.78 is 12.5. The standard InChI is InChI=1S/C28H51N5O5S/c1-5-6-7-8-9-10-11-12-13-14-17-30-28(37)33-25(21(2)3)27(36)32-23-20-39(38)19-18-29-24(34)16-15-22(4)31-26(23)35/h15-16,21-23,25H,5-14,17-20H2,1-4H3,(H,29,34)(H,31,35)(H,32,36)(H2,30,33,37)/b16-15-/t22-,23-,25-,39?/m0/s1. The van der Waals surface area contributed by atoms with Gasteiger partial charge in [-0.3, -0.25) is 18.6 Å². The van der Waals surface area contributed by atoms with Gasteiger partial charge < -0.3 is 26.6 Å². The first-order valence-corrected chi connectivity index (χ1v) is 16.1. The summed E-state index contributed by atoms with van der Waals surface area (Å²) in [6.45, 7) is 8.26. The third-order valence-electron chi connectivity index (χ3n) is 6.57. The van der Waals surface area contributed by atoms with Crippen molar-refractivity contribution < 1.29 is 23.4 Å². The third-order valence-corrected chi connectivity index (χ3v) is 7.94. The fraction of sp³-hybridized carbons (Fsp3) is 0.786. The Bertz CT molecular complexity index is 820. The predicted molar refractivity (Wildman–Crippen MR) is 157 cm³/mol. The summed E-state index contributed by atoms with van der Waals surface area (Å²) in [5.74, 6) is -1.51. The molecule has 1 heterocycles. The normalized spacial score (nSPS) is 22.0. The van der Waals surface area contributed by atoms with Crippen molar-refractivity contribution in [1.82, 2.24) is 26.6 Å². The number of unbranched alkanes of at least 4 members (excludes halogenated alkanes) is 9. The van der Waals surface area contributed by atoms with Crippen LogP contribution in [0.5, 0.6) is 0 Å². The molecule has 0 bridgehead atoms. The monoisotopic (exact) mass is 569 g/mol. The molecule has 10 nitrogen and oxygen atoms in total. The van der Waals surface area contributed by atoms with Gasteiger partial charge in [-0.1, -0.05) is 84.6 Å². The maximum absolute atomic E-state index is 13.1. The largest absolute Gasteiger partial charge is 0.352 e. The molecule has 0 saturated heterocycles. The minimum absolute atomic E-state index is 0.0976. The second-order valence-electron chi connectivity index (χ2n) is 10.6. The van der Waals surface area contributed by atoms with E-state index in [1.807, 2.05) is 13.8 Å². The Morgan fingerprint density at radius 2 is 1.64 bits per heavy atom. The van der Waals surface area contributed by atoms with Gasteiger partial charge in [0.25, 0.3) is 0 Å². The molecular formula is C28H51N5O5S. The third kappa shape index (κ3) is 16.3. The molecule has 1 aliphatic heterocycles. The molecule has 0 fully saturated rings. The lowest BCUT2D eigenvalue weighted by Gasteiger charge is -2.26. The van der Waals surface area contributed by atoms with Gasteiger partial charge in [-0.2, -0.15) is 0 Å². The van der Waals surface area contributed by atoms with Crippen LogP contribution < -0.4 is 26.6 Å². The molecule has 4 atom stereocenters. The molecule has 0 spiro atoms. The van der Waals surface area contributed by atoms with Crippen LogP contribution in [-0.4, -0.2) is 70.7 Å². The van der Waals surface area contributed by atoms with Crippen LogP contribution in [0.4, 0.5) is 4.79 Å². The van der Waals surface area contributed by atoms with Crippen LogP contribution in [0.3, 0.4) is 0 Å². The Balaban J connectivity index is 2.52. The van der Waals surface area contributed by atoms with Crippen LogP contribution in [0, 0.1) is 5.92 Å². The lowest BCUT2D eigenvalue weighted by molar-refractivity contribution is -0.130. The lowest BCUT2D eigenvalue weighted by atomic mass is 10.0. The first-order valence-electron chi connectivity index (χ1n) is 14.6.